The summed E-state index contributed by atoms with van der Waals surface area (Å²) in [6.45, 7) is 1.56. The fraction of sp³-hybridized carbons (Fsp3) is 0.389. The molecule has 1 unspecified atom stereocenters. The first kappa shape index (κ1) is 13.8. The smallest absolute Gasteiger partial charge is 0.272 e. The highest BCUT2D eigenvalue weighted by Crippen LogP contribution is 2.44. The van der Waals surface area contributed by atoms with Crippen LogP contribution in [0, 0.1) is 0 Å². The first-order valence-electron chi connectivity index (χ1n) is 8.51. The van der Waals surface area contributed by atoms with Crippen molar-refractivity contribution < 1.29 is 4.79 Å². The van der Waals surface area contributed by atoms with Gasteiger partial charge in [0.15, 0.2) is 0 Å². The van der Waals surface area contributed by atoms with Gasteiger partial charge >= 0.3 is 0 Å². The van der Waals surface area contributed by atoms with E-state index in [-0.39, 0.29) is 11.3 Å². The summed E-state index contributed by atoms with van der Waals surface area (Å²) in [4.78, 5) is 22.5. The number of hydrogen-bond donors (Lipinski definition) is 2. The normalized spacial score (nSPS) is 23.1. The summed E-state index contributed by atoms with van der Waals surface area (Å²) < 4.78 is 0. The quantitative estimate of drug-likeness (QED) is 0.722. The largest absolute Gasteiger partial charge is 0.346 e. The second-order valence-electron chi connectivity index (χ2n) is 6.99. The first-order valence-corrected chi connectivity index (χ1v) is 8.51. The lowest BCUT2D eigenvalue weighted by Gasteiger charge is -2.40. The molecule has 2 N–H and O–H groups in total. The molecule has 1 atom stereocenters. The highest BCUT2D eigenvalue weighted by molar-refractivity contribution is 5.94. The fourth-order valence-electron chi connectivity index (χ4n) is 4.38. The van der Waals surface area contributed by atoms with Crippen molar-refractivity contribution >= 4 is 16.9 Å². The van der Waals surface area contributed by atoms with Crippen molar-refractivity contribution in [3.63, 3.8) is 0 Å². The van der Waals surface area contributed by atoms with Crippen molar-refractivity contribution in [3.05, 3.63) is 47.5 Å². The molecule has 122 valence electrons. The number of likely N-dealkylation sites (tertiary alicyclic amines) is 1. The molecule has 24 heavy (non-hydrogen) atoms. The molecule has 0 radical (unpaired) electrons. The molecular formula is C18H19N5O. The average Bonchev–Trinajstić information content (AvgIpc) is 3.32. The molecule has 5 rings (SSSR count). The summed E-state index contributed by atoms with van der Waals surface area (Å²) in [5.74, 6) is 0.0264. The van der Waals surface area contributed by atoms with E-state index in [2.05, 4.69) is 20.2 Å². The SMILES string of the molecule is O=C(c1ccc2cc[nH]c2n1)N1CCCC2(CCc3cn[nH]c32)C1. The van der Waals surface area contributed by atoms with Crippen molar-refractivity contribution in [2.24, 2.45) is 0 Å². The molecule has 1 aliphatic heterocycles. The number of aromatic amines is 2. The van der Waals surface area contributed by atoms with E-state index < -0.39 is 0 Å². The number of piperidine rings is 1. The molecule has 0 bridgehead atoms. The maximum Gasteiger partial charge on any atom is 0.272 e. The Hall–Kier alpha value is -2.63. The molecule has 4 heterocycles. The Morgan fingerprint density at radius 2 is 2.21 bits per heavy atom. The van der Waals surface area contributed by atoms with Crippen LogP contribution in [0.4, 0.5) is 0 Å². The van der Waals surface area contributed by atoms with E-state index in [9.17, 15) is 4.79 Å². The van der Waals surface area contributed by atoms with Gasteiger partial charge in [-0.15, -0.1) is 0 Å². The third-order valence-electron chi connectivity index (χ3n) is 5.61. The number of carbonyl (C=O) groups is 1. The summed E-state index contributed by atoms with van der Waals surface area (Å²) in [5.41, 5.74) is 3.90. The third kappa shape index (κ3) is 1.92. The van der Waals surface area contributed by atoms with Crippen LogP contribution < -0.4 is 0 Å². The zero-order chi connectivity index (χ0) is 16.1. The van der Waals surface area contributed by atoms with Gasteiger partial charge < -0.3 is 9.88 Å². The molecule has 1 amide bonds. The molecule has 6 heteroatoms. The number of pyridine rings is 1. The van der Waals surface area contributed by atoms with Crippen molar-refractivity contribution in [3.8, 4) is 0 Å². The number of H-pyrrole nitrogens is 2. The van der Waals surface area contributed by atoms with Crippen LogP contribution in [-0.2, 0) is 11.8 Å². The molecule has 1 aliphatic carbocycles. The Morgan fingerprint density at radius 3 is 3.17 bits per heavy atom. The van der Waals surface area contributed by atoms with Crippen LogP contribution in [0.5, 0.6) is 0 Å². The van der Waals surface area contributed by atoms with Gasteiger partial charge in [0, 0.05) is 35.8 Å². The second kappa shape index (κ2) is 4.93. The summed E-state index contributed by atoms with van der Waals surface area (Å²) in [7, 11) is 0. The Kier molecular flexibility index (Phi) is 2.83. The van der Waals surface area contributed by atoms with Crippen molar-refractivity contribution in [1.82, 2.24) is 25.1 Å². The Bertz CT molecular complexity index is 926. The standard InChI is InChI=1S/C18H19N5O/c24-17(14-3-2-12-5-8-19-16(12)21-14)23-9-1-6-18(11-23)7-4-13-10-20-22-15(13)18/h2-3,5,8,10H,1,4,6-7,9,11H2,(H,19,21)(H,20,22). The molecule has 1 fully saturated rings. The zero-order valence-electron chi connectivity index (χ0n) is 13.4. The summed E-state index contributed by atoms with van der Waals surface area (Å²) in [6, 6.07) is 5.75. The van der Waals surface area contributed by atoms with Gasteiger partial charge in [-0.3, -0.25) is 9.89 Å². The van der Waals surface area contributed by atoms with Crippen LogP contribution in [0.25, 0.3) is 11.0 Å². The predicted molar refractivity (Wildman–Crippen MR) is 89.8 cm³/mol. The van der Waals surface area contributed by atoms with Gasteiger partial charge in [-0.05, 0) is 49.4 Å². The van der Waals surface area contributed by atoms with Gasteiger partial charge in [0.25, 0.3) is 5.91 Å². The number of aryl methyl sites for hydroxylation is 1. The number of carbonyl (C=O) groups excluding carboxylic acids is 1. The van der Waals surface area contributed by atoms with Crippen LogP contribution in [0.2, 0.25) is 0 Å². The Morgan fingerprint density at radius 1 is 1.25 bits per heavy atom. The summed E-state index contributed by atoms with van der Waals surface area (Å²) in [6.07, 6.45) is 8.08. The van der Waals surface area contributed by atoms with E-state index >= 15 is 0 Å². The minimum atomic E-state index is 0.0264. The van der Waals surface area contributed by atoms with Crippen molar-refractivity contribution in [2.75, 3.05) is 13.1 Å². The van der Waals surface area contributed by atoms with Crippen LogP contribution in [0.15, 0.2) is 30.6 Å². The van der Waals surface area contributed by atoms with Gasteiger partial charge in [0.05, 0.1) is 6.20 Å². The molecule has 3 aromatic rings. The van der Waals surface area contributed by atoms with E-state index in [1.54, 1.807) is 0 Å². The first-order chi connectivity index (χ1) is 11.8. The summed E-state index contributed by atoms with van der Waals surface area (Å²) in [5, 5.41) is 8.42. The van der Waals surface area contributed by atoms with Crippen LogP contribution >= 0.6 is 0 Å². The number of hydrogen-bond acceptors (Lipinski definition) is 3. The number of nitrogens with one attached hydrogen (secondary N) is 2. The minimum absolute atomic E-state index is 0.0264. The molecule has 3 aromatic heterocycles. The summed E-state index contributed by atoms with van der Waals surface area (Å²) >= 11 is 0. The van der Waals surface area contributed by atoms with E-state index in [1.165, 1.54) is 11.3 Å². The highest BCUT2D eigenvalue weighted by Gasteiger charge is 2.44. The van der Waals surface area contributed by atoms with E-state index in [0.717, 1.165) is 49.8 Å². The molecule has 1 spiro atoms. The minimum Gasteiger partial charge on any atom is -0.346 e. The lowest BCUT2D eigenvalue weighted by molar-refractivity contribution is 0.0627. The number of nitrogens with zero attached hydrogens (tertiary/aromatic N) is 3. The molecule has 6 nitrogen and oxygen atoms in total. The topological polar surface area (TPSA) is 77.7 Å². The van der Waals surface area contributed by atoms with Gasteiger partial charge in [0.2, 0.25) is 0 Å². The van der Waals surface area contributed by atoms with Gasteiger partial charge in [0.1, 0.15) is 11.3 Å². The molecule has 2 aliphatic rings. The second-order valence-corrected chi connectivity index (χ2v) is 6.99. The number of fused-ring (bicyclic) bond motifs is 3. The van der Waals surface area contributed by atoms with Gasteiger partial charge in [-0.25, -0.2) is 4.98 Å². The van der Waals surface area contributed by atoms with E-state index in [4.69, 9.17) is 0 Å². The molecule has 0 aromatic carbocycles. The number of rotatable bonds is 1. The average molecular weight is 321 g/mol. The lowest BCUT2D eigenvalue weighted by Crippen LogP contribution is -2.48. The van der Waals surface area contributed by atoms with Crippen LogP contribution in [0.1, 0.15) is 41.0 Å². The van der Waals surface area contributed by atoms with E-state index in [1.807, 2.05) is 35.5 Å². The maximum atomic E-state index is 13.0. The monoisotopic (exact) mass is 321 g/mol. The highest BCUT2D eigenvalue weighted by atomic mass is 16.2. The zero-order valence-corrected chi connectivity index (χ0v) is 13.4. The Labute approximate surface area is 139 Å². The van der Waals surface area contributed by atoms with E-state index in [0.29, 0.717) is 5.69 Å². The molecular weight excluding hydrogens is 302 g/mol. The number of amides is 1. The molecule has 1 saturated heterocycles. The van der Waals surface area contributed by atoms with Crippen LogP contribution in [-0.4, -0.2) is 44.1 Å². The third-order valence-corrected chi connectivity index (χ3v) is 5.61. The van der Waals surface area contributed by atoms with Gasteiger partial charge in [-0.2, -0.15) is 5.10 Å². The van der Waals surface area contributed by atoms with Crippen molar-refractivity contribution in [2.45, 2.75) is 31.1 Å². The van der Waals surface area contributed by atoms with Crippen molar-refractivity contribution in [1.29, 1.82) is 0 Å². The maximum absolute atomic E-state index is 13.0. The van der Waals surface area contributed by atoms with Crippen LogP contribution in [0.3, 0.4) is 0 Å². The molecule has 0 saturated carbocycles. The number of aromatic nitrogens is 4. The van der Waals surface area contributed by atoms with Gasteiger partial charge in [-0.1, -0.05) is 0 Å². The lowest BCUT2D eigenvalue weighted by atomic mass is 9.77. The fourth-order valence-corrected chi connectivity index (χ4v) is 4.38. The Balaban J connectivity index is 1.45. The predicted octanol–water partition coefficient (Wildman–Crippen LogP) is 2.41.